The molecule has 1 saturated heterocycles. The SMILES string of the molecule is O=C(Nc1cc2c(cc1[N+](=O)[O-])OCO2)[C@H]1CCCNC1. The van der Waals surface area contributed by atoms with Crippen LogP contribution in [0.1, 0.15) is 12.8 Å². The minimum atomic E-state index is -0.545. The number of rotatable bonds is 3. The summed E-state index contributed by atoms with van der Waals surface area (Å²) in [4.78, 5) is 22.8. The van der Waals surface area contributed by atoms with Gasteiger partial charge in [0.1, 0.15) is 5.69 Å². The second-order valence-electron chi connectivity index (χ2n) is 5.01. The van der Waals surface area contributed by atoms with Crippen LogP contribution in [0.25, 0.3) is 0 Å². The monoisotopic (exact) mass is 293 g/mol. The van der Waals surface area contributed by atoms with E-state index in [4.69, 9.17) is 9.47 Å². The summed E-state index contributed by atoms with van der Waals surface area (Å²) >= 11 is 0. The van der Waals surface area contributed by atoms with Crippen molar-refractivity contribution in [2.45, 2.75) is 12.8 Å². The van der Waals surface area contributed by atoms with Crippen molar-refractivity contribution >= 4 is 17.3 Å². The molecule has 21 heavy (non-hydrogen) atoms. The van der Waals surface area contributed by atoms with E-state index in [2.05, 4.69) is 10.6 Å². The summed E-state index contributed by atoms with van der Waals surface area (Å²) in [6, 6.07) is 2.71. The third kappa shape index (κ3) is 2.75. The molecule has 1 amide bonds. The molecule has 0 aromatic heterocycles. The molecular formula is C13H15N3O5. The number of carbonyl (C=O) groups is 1. The van der Waals surface area contributed by atoms with Gasteiger partial charge in [-0.05, 0) is 19.4 Å². The molecule has 2 N–H and O–H groups in total. The van der Waals surface area contributed by atoms with Crippen molar-refractivity contribution < 1.29 is 19.2 Å². The number of amides is 1. The third-order valence-corrected chi connectivity index (χ3v) is 3.61. The second-order valence-corrected chi connectivity index (χ2v) is 5.01. The van der Waals surface area contributed by atoms with Crippen LogP contribution in [0.5, 0.6) is 11.5 Å². The Kier molecular flexibility index (Phi) is 3.61. The van der Waals surface area contributed by atoms with Crippen LogP contribution in [-0.2, 0) is 4.79 Å². The van der Waals surface area contributed by atoms with Gasteiger partial charge >= 0.3 is 0 Å². The first-order valence-corrected chi connectivity index (χ1v) is 6.75. The predicted molar refractivity (Wildman–Crippen MR) is 73.4 cm³/mol. The Bertz CT molecular complexity index is 583. The van der Waals surface area contributed by atoms with Gasteiger partial charge in [-0.3, -0.25) is 14.9 Å². The molecule has 1 atom stereocenters. The Hall–Kier alpha value is -2.35. The summed E-state index contributed by atoms with van der Waals surface area (Å²) in [5, 5.41) is 16.9. The number of hydrogen-bond donors (Lipinski definition) is 2. The Morgan fingerprint density at radius 2 is 2.14 bits per heavy atom. The number of nitrogens with one attached hydrogen (secondary N) is 2. The van der Waals surface area contributed by atoms with Gasteiger partial charge in [-0.1, -0.05) is 0 Å². The van der Waals surface area contributed by atoms with Gasteiger partial charge in [0.2, 0.25) is 12.7 Å². The maximum Gasteiger partial charge on any atom is 0.296 e. The number of nitrogens with zero attached hydrogens (tertiary/aromatic N) is 1. The van der Waals surface area contributed by atoms with Crippen molar-refractivity contribution in [2.75, 3.05) is 25.2 Å². The number of piperidine rings is 1. The van der Waals surface area contributed by atoms with Gasteiger partial charge in [-0.25, -0.2) is 0 Å². The van der Waals surface area contributed by atoms with Crippen molar-refractivity contribution in [2.24, 2.45) is 5.92 Å². The first-order valence-electron chi connectivity index (χ1n) is 6.75. The van der Waals surface area contributed by atoms with Crippen LogP contribution < -0.4 is 20.1 Å². The summed E-state index contributed by atoms with van der Waals surface area (Å²) in [5.41, 5.74) is -0.0591. The molecule has 0 aliphatic carbocycles. The van der Waals surface area contributed by atoms with Gasteiger partial charge < -0.3 is 20.1 Å². The van der Waals surface area contributed by atoms with Crippen LogP contribution >= 0.6 is 0 Å². The Balaban J connectivity index is 1.83. The molecule has 2 aliphatic heterocycles. The molecule has 1 aromatic rings. The summed E-state index contributed by atoms with van der Waals surface area (Å²) in [6.45, 7) is 1.51. The smallest absolute Gasteiger partial charge is 0.296 e. The van der Waals surface area contributed by atoms with Gasteiger partial charge in [-0.15, -0.1) is 0 Å². The normalized spacial score (nSPS) is 20.1. The average molecular weight is 293 g/mol. The standard InChI is InChI=1S/C13H15N3O5/c17-13(8-2-1-3-14-6-8)15-9-4-11-12(21-7-20-11)5-10(9)16(18)19/h4-5,8,14H,1-3,6-7H2,(H,15,17)/t8-/m0/s1. The van der Waals surface area contributed by atoms with Gasteiger partial charge in [0.25, 0.3) is 5.69 Å². The number of anilines is 1. The van der Waals surface area contributed by atoms with E-state index < -0.39 is 4.92 Å². The first-order chi connectivity index (χ1) is 10.1. The molecule has 112 valence electrons. The van der Waals surface area contributed by atoms with Crippen LogP contribution in [0.4, 0.5) is 11.4 Å². The molecular weight excluding hydrogens is 278 g/mol. The number of ether oxygens (including phenoxy) is 2. The highest BCUT2D eigenvalue weighted by atomic mass is 16.7. The Morgan fingerprint density at radius 3 is 2.81 bits per heavy atom. The van der Waals surface area contributed by atoms with E-state index in [0.29, 0.717) is 18.0 Å². The molecule has 2 aliphatic rings. The zero-order chi connectivity index (χ0) is 14.8. The number of nitro groups is 1. The molecule has 2 heterocycles. The molecule has 0 saturated carbocycles. The van der Waals surface area contributed by atoms with E-state index in [1.807, 2.05) is 0 Å². The molecule has 0 bridgehead atoms. The zero-order valence-electron chi connectivity index (χ0n) is 11.3. The maximum atomic E-state index is 12.2. The molecule has 0 unspecified atom stereocenters. The Morgan fingerprint density at radius 1 is 1.38 bits per heavy atom. The fourth-order valence-corrected chi connectivity index (χ4v) is 2.49. The molecule has 8 heteroatoms. The molecule has 3 rings (SSSR count). The van der Waals surface area contributed by atoms with Gasteiger partial charge in [0, 0.05) is 12.6 Å². The lowest BCUT2D eigenvalue weighted by Gasteiger charge is -2.21. The summed E-state index contributed by atoms with van der Waals surface area (Å²) in [5.74, 6) is 0.324. The van der Waals surface area contributed by atoms with Gasteiger partial charge in [-0.2, -0.15) is 0 Å². The second kappa shape index (κ2) is 5.57. The van der Waals surface area contributed by atoms with Crippen LogP contribution in [-0.4, -0.2) is 30.7 Å². The highest BCUT2D eigenvalue weighted by Gasteiger charge is 2.27. The van der Waals surface area contributed by atoms with Crippen molar-refractivity contribution in [1.82, 2.24) is 5.32 Å². The lowest BCUT2D eigenvalue weighted by molar-refractivity contribution is -0.384. The van der Waals surface area contributed by atoms with E-state index in [1.165, 1.54) is 12.1 Å². The van der Waals surface area contributed by atoms with E-state index in [1.54, 1.807) is 0 Å². The van der Waals surface area contributed by atoms with Gasteiger partial charge in [0.05, 0.1) is 16.9 Å². The molecule has 0 spiro atoms. The highest BCUT2D eigenvalue weighted by Crippen LogP contribution is 2.40. The fraction of sp³-hybridized carbons (Fsp3) is 0.462. The summed E-state index contributed by atoms with van der Waals surface area (Å²) < 4.78 is 10.3. The van der Waals surface area contributed by atoms with Crippen LogP contribution in [0.3, 0.4) is 0 Å². The van der Waals surface area contributed by atoms with E-state index >= 15 is 0 Å². The van der Waals surface area contributed by atoms with Crippen LogP contribution in [0, 0.1) is 16.0 Å². The number of nitro benzene ring substituents is 1. The van der Waals surface area contributed by atoms with E-state index in [-0.39, 0.29) is 30.0 Å². The van der Waals surface area contributed by atoms with E-state index in [0.717, 1.165) is 19.4 Å². The van der Waals surface area contributed by atoms with Crippen LogP contribution in [0.15, 0.2) is 12.1 Å². The van der Waals surface area contributed by atoms with Gasteiger partial charge in [0.15, 0.2) is 11.5 Å². The first kappa shape index (κ1) is 13.6. The largest absolute Gasteiger partial charge is 0.454 e. The number of fused-ring (bicyclic) bond motifs is 1. The summed E-state index contributed by atoms with van der Waals surface area (Å²) in [6.07, 6.45) is 1.69. The topological polar surface area (TPSA) is 103 Å². The molecule has 8 nitrogen and oxygen atoms in total. The van der Waals surface area contributed by atoms with Crippen molar-refractivity contribution in [3.05, 3.63) is 22.2 Å². The van der Waals surface area contributed by atoms with Crippen molar-refractivity contribution in [3.8, 4) is 11.5 Å². The minimum Gasteiger partial charge on any atom is -0.454 e. The average Bonchev–Trinajstić information content (AvgIpc) is 2.94. The number of carbonyl (C=O) groups excluding carboxylic acids is 1. The van der Waals surface area contributed by atoms with Crippen molar-refractivity contribution in [1.29, 1.82) is 0 Å². The fourth-order valence-electron chi connectivity index (χ4n) is 2.49. The quantitative estimate of drug-likeness (QED) is 0.642. The van der Waals surface area contributed by atoms with Crippen LogP contribution in [0.2, 0.25) is 0 Å². The van der Waals surface area contributed by atoms with E-state index in [9.17, 15) is 14.9 Å². The molecule has 0 radical (unpaired) electrons. The number of hydrogen-bond acceptors (Lipinski definition) is 6. The third-order valence-electron chi connectivity index (χ3n) is 3.61. The Labute approximate surface area is 120 Å². The highest BCUT2D eigenvalue weighted by molar-refractivity contribution is 5.95. The maximum absolute atomic E-state index is 12.2. The number of benzene rings is 1. The molecule has 1 fully saturated rings. The lowest BCUT2D eigenvalue weighted by Crippen LogP contribution is -2.37. The predicted octanol–water partition coefficient (Wildman–Crippen LogP) is 1.26. The lowest BCUT2D eigenvalue weighted by atomic mass is 9.98. The van der Waals surface area contributed by atoms with Crippen molar-refractivity contribution in [3.63, 3.8) is 0 Å². The zero-order valence-corrected chi connectivity index (χ0v) is 11.3. The minimum absolute atomic E-state index is 0.0242. The molecule has 1 aromatic carbocycles. The summed E-state index contributed by atoms with van der Waals surface area (Å²) in [7, 11) is 0.